The summed E-state index contributed by atoms with van der Waals surface area (Å²) in [4.78, 5) is 2.32. The van der Waals surface area contributed by atoms with E-state index in [2.05, 4.69) is 33.0 Å². The Morgan fingerprint density at radius 1 is 1.10 bits per heavy atom. The Hall–Kier alpha value is -0.620. The van der Waals surface area contributed by atoms with Gasteiger partial charge < -0.3 is 19.5 Å². The van der Waals surface area contributed by atoms with Gasteiger partial charge in [-0.25, -0.2) is 0 Å². The lowest BCUT2D eigenvalue weighted by Gasteiger charge is -2.26. The summed E-state index contributed by atoms with van der Waals surface area (Å²) in [6, 6.07) is 6.19. The van der Waals surface area contributed by atoms with Crippen LogP contribution in [0, 0.1) is 0 Å². The maximum atomic E-state index is 10.7. The van der Waals surface area contributed by atoms with Gasteiger partial charge in [-0.15, -0.1) is 0 Å². The largest absolute Gasteiger partial charge is 0.383 e. The van der Waals surface area contributed by atoms with Crippen LogP contribution in [0.3, 0.4) is 0 Å². The summed E-state index contributed by atoms with van der Waals surface area (Å²) < 4.78 is 11.9. The van der Waals surface area contributed by atoms with Gasteiger partial charge in [0.2, 0.25) is 0 Å². The molecule has 1 aromatic rings. The lowest BCUT2D eigenvalue weighted by molar-refractivity contribution is 0.0232. The van der Waals surface area contributed by atoms with Crippen molar-refractivity contribution in [2.45, 2.75) is 18.4 Å². The molecule has 0 saturated carbocycles. The maximum absolute atomic E-state index is 10.7. The summed E-state index contributed by atoms with van der Waals surface area (Å²) in [5.74, 6) is 0. The average molecular weight is 342 g/mol. The third-order valence-electron chi connectivity index (χ3n) is 4.01. The van der Waals surface area contributed by atoms with E-state index in [1.54, 1.807) is 0 Å². The fourth-order valence-corrected chi connectivity index (χ4v) is 3.29. The average Bonchev–Trinajstić information content (AvgIpc) is 2.73. The molecule has 5 heteroatoms. The van der Waals surface area contributed by atoms with Crippen LogP contribution in [0.25, 0.3) is 0 Å². The van der Waals surface area contributed by atoms with Crippen molar-refractivity contribution in [3.63, 3.8) is 0 Å². The Kier molecular flexibility index (Phi) is 4.31. The standard InChI is InChI=1S/C15H20BrNO3/c16-13-8-12(15(18)2-6-20-11-15)9-14(10-13)17-3-1-5-19-7-4-17/h8-10,18H,1-7,11H2. The molecule has 20 heavy (non-hydrogen) atoms. The molecule has 2 fully saturated rings. The topological polar surface area (TPSA) is 41.9 Å². The van der Waals surface area contributed by atoms with Crippen LogP contribution in [0.1, 0.15) is 18.4 Å². The molecule has 110 valence electrons. The van der Waals surface area contributed by atoms with E-state index in [-0.39, 0.29) is 0 Å². The zero-order valence-electron chi connectivity index (χ0n) is 11.5. The first-order valence-corrected chi connectivity index (χ1v) is 7.91. The zero-order valence-corrected chi connectivity index (χ0v) is 13.1. The number of hydrogen-bond acceptors (Lipinski definition) is 4. The fourth-order valence-electron chi connectivity index (χ4n) is 2.81. The Bertz CT molecular complexity index is 466. The summed E-state index contributed by atoms with van der Waals surface area (Å²) in [5, 5.41) is 10.7. The zero-order chi connectivity index (χ0) is 14.0. The minimum atomic E-state index is -0.846. The number of rotatable bonds is 2. The molecular weight excluding hydrogens is 322 g/mol. The number of hydrogen-bond donors (Lipinski definition) is 1. The SMILES string of the molecule is OC1(c2cc(Br)cc(N3CCCOCC3)c2)CCOC1. The van der Waals surface area contributed by atoms with E-state index in [0.29, 0.717) is 19.6 Å². The van der Waals surface area contributed by atoms with Gasteiger partial charge in [0, 0.05) is 42.9 Å². The quantitative estimate of drug-likeness (QED) is 0.896. The van der Waals surface area contributed by atoms with Crippen LogP contribution < -0.4 is 4.90 Å². The third-order valence-corrected chi connectivity index (χ3v) is 4.47. The van der Waals surface area contributed by atoms with Crippen LogP contribution in [0.2, 0.25) is 0 Å². The van der Waals surface area contributed by atoms with Gasteiger partial charge in [0.15, 0.2) is 0 Å². The second-order valence-corrected chi connectivity index (χ2v) is 6.40. The third kappa shape index (κ3) is 3.01. The molecule has 0 spiro atoms. The van der Waals surface area contributed by atoms with Crippen LogP contribution in [-0.2, 0) is 15.1 Å². The van der Waals surface area contributed by atoms with Crippen molar-refractivity contribution < 1.29 is 14.6 Å². The first-order valence-electron chi connectivity index (χ1n) is 7.11. The highest BCUT2D eigenvalue weighted by atomic mass is 79.9. The molecule has 0 amide bonds. The molecule has 4 nitrogen and oxygen atoms in total. The molecule has 2 aliphatic rings. The Morgan fingerprint density at radius 3 is 2.80 bits per heavy atom. The van der Waals surface area contributed by atoms with Gasteiger partial charge >= 0.3 is 0 Å². The normalized spacial score (nSPS) is 27.6. The minimum Gasteiger partial charge on any atom is -0.383 e. The molecule has 0 bridgehead atoms. The molecular formula is C15H20BrNO3. The number of nitrogens with zero attached hydrogens (tertiary/aromatic N) is 1. The number of ether oxygens (including phenoxy) is 2. The van der Waals surface area contributed by atoms with E-state index in [1.807, 2.05) is 6.07 Å². The molecule has 3 rings (SSSR count). The Morgan fingerprint density at radius 2 is 2.00 bits per heavy atom. The summed E-state index contributed by atoms with van der Waals surface area (Å²) in [7, 11) is 0. The van der Waals surface area contributed by atoms with Crippen molar-refractivity contribution in [3.05, 3.63) is 28.2 Å². The molecule has 0 aliphatic carbocycles. The van der Waals surface area contributed by atoms with Crippen molar-refractivity contribution in [2.75, 3.05) is 44.4 Å². The van der Waals surface area contributed by atoms with Gasteiger partial charge in [-0.2, -0.15) is 0 Å². The Labute approximate surface area is 127 Å². The lowest BCUT2D eigenvalue weighted by Crippen LogP contribution is -2.28. The fraction of sp³-hybridized carbons (Fsp3) is 0.600. The van der Waals surface area contributed by atoms with E-state index in [0.717, 1.165) is 48.4 Å². The molecule has 1 unspecified atom stereocenters. The van der Waals surface area contributed by atoms with Crippen LogP contribution >= 0.6 is 15.9 Å². The molecule has 1 atom stereocenters. The van der Waals surface area contributed by atoms with Crippen molar-refractivity contribution >= 4 is 21.6 Å². The van der Waals surface area contributed by atoms with Gasteiger partial charge in [0.05, 0.1) is 13.2 Å². The van der Waals surface area contributed by atoms with Crippen LogP contribution in [0.5, 0.6) is 0 Å². The van der Waals surface area contributed by atoms with E-state index < -0.39 is 5.60 Å². The van der Waals surface area contributed by atoms with E-state index in [1.165, 1.54) is 0 Å². The van der Waals surface area contributed by atoms with Gasteiger partial charge in [0.25, 0.3) is 0 Å². The van der Waals surface area contributed by atoms with E-state index in [4.69, 9.17) is 9.47 Å². The number of anilines is 1. The predicted octanol–water partition coefficient (Wildman–Crippen LogP) is 2.28. The van der Waals surface area contributed by atoms with Crippen LogP contribution in [0.4, 0.5) is 5.69 Å². The molecule has 1 aromatic carbocycles. The smallest absolute Gasteiger partial charge is 0.115 e. The summed E-state index contributed by atoms with van der Waals surface area (Å²) in [5.41, 5.74) is 1.23. The second-order valence-electron chi connectivity index (χ2n) is 5.49. The summed E-state index contributed by atoms with van der Waals surface area (Å²) >= 11 is 3.56. The predicted molar refractivity (Wildman–Crippen MR) is 81.1 cm³/mol. The van der Waals surface area contributed by atoms with E-state index >= 15 is 0 Å². The monoisotopic (exact) mass is 341 g/mol. The molecule has 2 saturated heterocycles. The Balaban J connectivity index is 1.89. The van der Waals surface area contributed by atoms with Crippen molar-refractivity contribution in [2.24, 2.45) is 0 Å². The maximum Gasteiger partial charge on any atom is 0.115 e. The molecule has 1 N–H and O–H groups in total. The molecule has 0 radical (unpaired) electrons. The van der Waals surface area contributed by atoms with Gasteiger partial charge in [-0.3, -0.25) is 0 Å². The van der Waals surface area contributed by atoms with Gasteiger partial charge in [-0.1, -0.05) is 15.9 Å². The highest BCUT2D eigenvalue weighted by Crippen LogP contribution is 2.35. The first-order chi connectivity index (χ1) is 9.67. The van der Waals surface area contributed by atoms with Gasteiger partial charge in [-0.05, 0) is 30.2 Å². The highest BCUT2D eigenvalue weighted by Gasteiger charge is 2.34. The molecule has 2 aliphatic heterocycles. The van der Waals surface area contributed by atoms with Crippen molar-refractivity contribution in [1.82, 2.24) is 0 Å². The highest BCUT2D eigenvalue weighted by molar-refractivity contribution is 9.10. The minimum absolute atomic E-state index is 0.381. The second kappa shape index (κ2) is 6.02. The molecule has 0 aromatic heterocycles. The number of aliphatic hydroxyl groups is 1. The first kappa shape index (κ1) is 14.3. The van der Waals surface area contributed by atoms with Crippen molar-refractivity contribution in [3.8, 4) is 0 Å². The lowest BCUT2D eigenvalue weighted by atomic mass is 9.93. The van der Waals surface area contributed by atoms with Gasteiger partial charge in [0.1, 0.15) is 5.60 Å². The molecule has 2 heterocycles. The van der Waals surface area contributed by atoms with E-state index in [9.17, 15) is 5.11 Å². The van der Waals surface area contributed by atoms with Crippen molar-refractivity contribution in [1.29, 1.82) is 0 Å². The van der Waals surface area contributed by atoms with Crippen LogP contribution in [0.15, 0.2) is 22.7 Å². The number of benzene rings is 1. The summed E-state index contributed by atoms with van der Waals surface area (Å²) in [6.45, 7) is 4.47. The van der Waals surface area contributed by atoms with Crippen LogP contribution in [-0.4, -0.2) is 44.6 Å². The summed E-state index contributed by atoms with van der Waals surface area (Å²) in [6.07, 6.45) is 1.70. The number of halogens is 1.